The van der Waals surface area contributed by atoms with Gasteiger partial charge in [0.25, 0.3) is 0 Å². The summed E-state index contributed by atoms with van der Waals surface area (Å²) in [7, 11) is 0. The summed E-state index contributed by atoms with van der Waals surface area (Å²) in [6.07, 6.45) is 1.49. The predicted molar refractivity (Wildman–Crippen MR) is 75.9 cm³/mol. The minimum atomic E-state index is -1.05. The SMILES string of the molecule is O=C(O)CON=Cc1ccc(-c2cccc(Cl)c2)s1. The quantitative estimate of drug-likeness (QED) is 0.678. The molecule has 0 spiro atoms. The van der Waals surface area contributed by atoms with Gasteiger partial charge in [0.2, 0.25) is 6.61 Å². The molecular formula is C13H10ClNO3S. The van der Waals surface area contributed by atoms with E-state index in [-0.39, 0.29) is 0 Å². The number of carboxylic acids is 1. The summed E-state index contributed by atoms with van der Waals surface area (Å²) < 4.78 is 0. The maximum atomic E-state index is 10.2. The molecule has 4 nitrogen and oxygen atoms in total. The van der Waals surface area contributed by atoms with E-state index in [1.165, 1.54) is 17.6 Å². The maximum Gasteiger partial charge on any atom is 0.344 e. The minimum Gasteiger partial charge on any atom is -0.479 e. The van der Waals surface area contributed by atoms with E-state index in [9.17, 15) is 4.79 Å². The van der Waals surface area contributed by atoms with Gasteiger partial charge in [0.1, 0.15) is 0 Å². The Labute approximate surface area is 118 Å². The summed E-state index contributed by atoms with van der Waals surface area (Å²) in [5.41, 5.74) is 1.03. The van der Waals surface area contributed by atoms with Gasteiger partial charge in [0.15, 0.2) is 0 Å². The molecule has 0 atom stereocenters. The zero-order chi connectivity index (χ0) is 13.7. The highest BCUT2D eigenvalue weighted by atomic mass is 35.5. The molecule has 1 N–H and O–H groups in total. The second-order valence-corrected chi connectivity index (χ2v) is 5.17. The lowest BCUT2D eigenvalue weighted by Crippen LogP contribution is -2.03. The van der Waals surface area contributed by atoms with Crippen molar-refractivity contribution in [1.29, 1.82) is 0 Å². The molecule has 1 heterocycles. The summed E-state index contributed by atoms with van der Waals surface area (Å²) in [6.45, 7) is -0.441. The van der Waals surface area contributed by atoms with Gasteiger partial charge in [-0.2, -0.15) is 0 Å². The zero-order valence-corrected chi connectivity index (χ0v) is 11.3. The average Bonchev–Trinajstić information content (AvgIpc) is 2.83. The van der Waals surface area contributed by atoms with Gasteiger partial charge in [0.05, 0.1) is 6.21 Å². The Morgan fingerprint density at radius 2 is 2.26 bits per heavy atom. The van der Waals surface area contributed by atoms with Crippen LogP contribution in [0.1, 0.15) is 4.88 Å². The first-order chi connectivity index (χ1) is 9.15. The van der Waals surface area contributed by atoms with Gasteiger partial charge < -0.3 is 9.94 Å². The highest BCUT2D eigenvalue weighted by Gasteiger charge is 2.02. The Bertz CT molecular complexity index is 609. The van der Waals surface area contributed by atoms with Gasteiger partial charge in [-0.25, -0.2) is 4.79 Å². The Kier molecular flexibility index (Phi) is 4.54. The molecule has 0 aliphatic heterocycles. The van der Waals surface area contributed by atoms with Crippen molar-refractivity contribution >= 4 is 35.1 Å². The zero-order valence-electron chi connectivity index (χ0n) is 9.75. The molecule has 6 heteroatoms. The van der Waals surface area contributed by atoms with Crippen LogP contribution in [0.15, 0.2) is 41.6 Å². The molecular weight excluding hydrogens is 286 g/mol. The lowest BCUT2D eigenvalue weighted by molar-refractivity contribution is -0.142. The maximum absolute atomic E-state index is 10.2. The van der Waals surface area contributed by atoms with E-state index in [0.717, 1.165) is 15.3 Å². The van der Waals surface area contributed by atoms with Gasteiger partial charge in [-0.1, -0.05) is 28.9 Å². The Morgan fingerprint density at radius 3 is 3.00 bits per heavy atom. The summed E-state index contributed by atoms with van der Waals surface area (Å²) >= 11 is 7.45. The van der Waals surface area contributed by atoms with Crippen molar-refractivity contribution in [2.75, 3.05) is 6.61 Å². The summed E-state index contributed by atoms with van der Waals surface area (Å²) in [5.74, 6) is -1.05. The third kappa shape index (κ3) is 4.08. The molecule has 0 aliphatic rings. The first-order valence-electron chi connectivity index (χ1n) is 5.38. The largest absolute Gasteiger partial charge is 0.479 e. The summed E-state index contributed by atoms with van der Waals surface area (Å²) in [4.78, 5) is 16.7. The number of nitrogens with zero attached hydrogens (tertiary/aromatic N) is 1. The van der Waals surface area contributed by atoms with Crippen LogP contribution >= 0.6 is 22.9 Å². The van der Waals surface area contributed by atoms with Crippen molar-refractivity contribution in [3.05, 3.63) is 46.3 Å². The van der Waals surface area contributed by atoms with Gasteiger partial charge in [-0.15, -0.1) is 11.3 Å². The van der Waals surface area contributed by atoms with Gasteiger partial charge in [0, 0.05) is 14.8 Å². The number of hydrogen-bond donors (Lipinski definition) is 1. The molecule has 1 aromatic carbocycles. The van der Waals surface area contributed by atoms with Gasteiger partial charge >= 0.3 is 5.97 Å². The Hall–Kier alpha value is -1.85. The average molecular weight is 296 g/mol. The van der Waals surface area contributed by atoms with E-state index in [2.05, 4.69) is 9.99 Å². The Balaban J connectivity index is 2.05. The molecule has 0 saturated carbocycles. The van der Waals surface area contributed by atoms with Crippen LogP contribution < -0.4 is 0 Å². The lowest BCUT2D eigenvalue weighted by Gasteiger charge is -1.96. The fraction of sp³-hybridized carbons (Fsp3) is 0.0769. The van der Waals surface area contributed by atoms with Crippen LogP contribution in [0.2, 0.25) is 5.02 Å². The molecule has 0 fully saturated rings. The van der Waals surface area contributed by atoms with Crippen LogP contribution in [0.3, 0.4) is 0 Å². The second kappa shape index (κ2) is 6.36. The fourth-order valence-electron chi connectivity index (χ4n) is 1.40. The van der Waals surface area contributed by atoms with Crippen LogP contribution in [0.25, 0.3) is 10.4 Å². The van der Waals surface area contributed by atoms with E-state index in [4.69, 9.17) is 16.7 Å². The lowest BCUT2D eigenvalue weighted by atomic mass is 10.2. The van der Waals surface area contributed by atoms with Crippen molar-refractivity contribution < 1.29 is 14.7 Å². The van der Waals surface area contributed by atoms with Crippen molar-refractivity contribution in [2.45, 2.75) is 0 Å². The third-order valence-electron chi connectivity index (χ3n) is 2.18. The van der Waals surface area contributed by atoms with Gasteiger partial charge in [-0.3, -0.25) is 0 Å². The second-order valence-electron chi connectivity index (χ2n) is 3.61. The Morgan fingerprint density at radius 1 is 1.42 bits per heavy atom. The number of oxime groups is 1. The third-order valence-corrected chi connectivity index (χ3v) is 3.48. The number of aliphatic carboxylic acids is 1. The first-order valence-corrected chi connectivity index (χ1v) is 6.57. The standard InChI is InChI=1S/C13H10ClNO3S/c14-10-3-1-2-9(6-10)12-5-4-11(19-12)7-15-18-8-13(16)17/h1-7H,8H2,(H,16,17). The number of thiophene rings is 1. The van der Waals surface area contributed by atoms with Crippen molar-refractivity contribution in [3.63, 3.8) is 0 Å². The molecule has 0 radical (unpaired) electrons. The van der Waals surface area contributed by atoms with E-state index < -0.39 is 12.6 Å². The minimum absolute atomic E-state index is 0.441. The molecule has 2 aromatic rings. The summed E-state index contributed by atoms with van der Waals surface area (Å²) in [5, 5.41) is 12.7. The fourth-order valence-corrected chi connectivity index (χ4v) is 2.46. The monoisotopic (exact) mass is 295 g/mol. The molecule has 0 aliphatic carbocycles. The van der Waals surface area contributed by atoms with Crippen LogP contribution in [-0.4, -0.2) is 23.9 Å². The smallest absolute Gasteiger partial charge is 0.344 e. The van der Waals surface area contributed by atoms with Crippen molar-refractivity contribution in [1.82, 2.24) is 0 Å². The van der Waals surface area contributed by atoms with Crippen molar-refractivity contribution in [2.24, 2.45) is 5.16 Å². The van der Waals surface area contributed by atoms with E-state index in [1.807, 2.05) is 36.4 Å². The van der Waals surface area contributed by atoms with Crippen LogP contribution in [0.4, 0.5) is 0 Å². The number of benzene rings is 1. The summed E-state index contributed by atoms with van der Waals surface area (Å²) in [6, 6.07) is 11.4. The first kappa shape index (κ1) is 13.6. The van der Waals surface area contributed by atoms with Gasteiger partial charge in [-0.05, 0) is 29.8 Å². The van der Waals surface area contributed by atoms with Crippen LogP contribution in [0.5, 0.6) is 0 Å². The molecule has 98 valence electrons. The predicted octanol–water partition coefficient (Wildman–Crippen LogP) is 3.50. The number of carbonyl (C=O) groups is 1. The molecule has 0 amide bonds. The molecule has 1 aromatic heterocycles. The van der Waals surface area contributed by atoms with E-state index in [0.29, 0.717) is 5.02 Å². The normalized spacial score (nSPS) is 10.8. The van der Waals surface area contributed by atoms with E-state index >= 15 is 0 Å². The van der Waals surface area contributed by atoms with Crippen LogP contribution in [0, 0.1) is 0 Å². The highest BCUT2D eigenvalue weighted by Crippen LogP contribution is 2.28. The molecule has 0 saturated heterocycles. The highest BCUT2D eigenvalue weighted by molar-refractivity contribution is 7.17. The molecule has 2 rings (SSSR count). The molecule has 0 unspecified atom stereocenters. The van der Waals surface area contributed by atoms with Crippen molar-refractivity contribution in [3.8, 4) is 10.4 Å². The number of hydrogen-bond acceptors (Lipinski definition) is 4. The molecule has 0 bridgehead atoms. The van der Waals surface area contributed by atoms with Crippen LogP contribution in [-0.2, 0) is 9.63 Å². The number of halogens is 1. The topological polar surface area (TPSA) is 58.9 Å². The number of rotatable bonds is 5. The number of carboxylic acid groups (broad SMARTS) is 1. The van der Waals surface area contributed by atoms with E-state index in [1.54, 1.807) is 0 Å². The molecule has 19 heavy (non-hydrogen) atoms.